The first-order valence-electron chi connectivity index (χ1n) is 9.04. The number of hydrogen-bond acceptors (Lipinski definition) is 3. The molecule has 1 heterocycles. The van der Waals surface area contributed by atoms with Crippen molar-refractivity contribution >= 4 is 11.7 Å². The Morgan fingerprint density at radius 2 is 2.25 bits per heavy atom. The number of rotatable bonds is 4. The lowest BCUT2D eigenvalue weighted by atomic mass is 9.89. The van der Waals surface area contributed by atoms with E-state index in [0.717, 1.165) is 30.0 Å². The van der Waals surface area contributed by atoms with Crippen LogP contribution in [-0.2, 0) is 11.3 Å². The van der Waals surface area contributed by atoms with Gasteiger partial charge in [0, 0.05) is 18.8 Å². The molecule has 132 valence electrons. The molecule has 2 N–H and O–H groups in total. The molecule has 3 atom stereocenters. The highest BCUT2D eigenvalue weighted by atomic mass is 16.5. The minimum Gasteiger partial charge on any atom is -0.391 e. The summed E-state index contributed by atoms with van der Waals surface area (Å²) < 4.78 is 6.06. The predicted molar refractivity (Wildman–Crippen MR) is 93.9 cm³/mol. The summed E-state index contributed by atoms with van der Waals surface area (Å²) in [5.41, 5.74) is 1.85. The molecule has 1 saturated carbocycles. The lowest BCUT2D eigenvalue weighted by molar-refractivity contribution is 0.00468. The quantitative estimate of drug-likeness (QED) is 0.888. The van der Waals surface area contributed by atoms with E-state index in [-0.39, 0.29) is 6.03 Å². The molecular weight excluding hydrogens is 304 g/mol. The van der Waals surface area contributed by atoms with Gasteiger partial charge in [0.05, 0.1) is 18.8 Å². The number of aliphatic hydroxyl groups excluding tert-OH is 1. The van der Waals surface area contributed by atoms with Crippen molar-refractivity contribution in [1.29, 1.82) is 0 Å². The van der Waals surface area contributed by atoms with Crippen LogP contribution in [-0.4, -0.2) is 41.3 Å². The molecule has 1 aliphatic heterocycles. The molecule has 1 aromatic carbocycles. The maximum absolute atomic E-state index is 12.2. The van der Waals surface area contributed by atoms with Gasteiger partial charge in [-0.25, -0.2) is 4.79 Å². The molecule has 24 heavy (non-hydrogen) atoms. The molecule has 0 bridgehead atoms. The Morgan fingerprint density at radius 1 is 1.38 bits per heavy atom. The molecule has 2 aliphatic rings. The molecule has 5 nitrogen and oxygen atoms in total. The number of anilines is 1. The van der Waals surface area contributed by atoms with E-state index in [0.29, 0.717) is 32.2 Å². The molecule has 1 aromatic rings. The lowest BCUT2D eigenvalue weighted by Gasteiger charge is -2.26. The maximum Gasteiger partial charge on any atom is 0.321 e. The number of likely N-dealkylation sites (tertiary alicyclic amines) is 1. The van der Waals surface area contributed by atoms with Gasteiger partial charge in [-0.2, -0.15) is 0 Å². The van der Waals surface area contributed by atoms with Gasteiger partial charge in [0.15, 0.2) is 0 Å². The van der Waals surface area contributed by atoms with Crippen molar-refractivity contribution in [2.75, 3.05) is 18.4 Å². The molecule has 1 saturated heterocycles. The molecule has 2 unspecified atom stereocenters. The van der Waals surface area contributed by atoms with Gasteiger partial charge in [0.1, 0.15) is 0 Å². The highest BCUT2D eigenvalue weighted by Gasteiger charge is 2.24. The Bertz CT molecular complexity index is 563. The monoisotopic (exact) mass is 332 g/mol. The number of aliphatic hydroxyl groups is 1. The first-order valence-corrected chi connectivity index (χ1v) is 9.04. The number of hydrogen-bond donors (Lipinski definition) is 2. The van der Waals surface area contributed by atoms with E-state index in [1.165, 1.54) is 12.8 Å². The molecule has 0 aromatic heterocycles. The van der Waals surface area contributed by atoms with Crippen molar-refractivity contribution in [3.63, 3.8) is 0 Å². The number of amides is 2. The highest BCUT2D eigenvalue weighted by molar-refractivity contribution is 5.89. The zero-order valence-corrected chi connectivity index (χ0v) is 14.4. The number of carbonyl (C=O) groups excluding carboxylic acids is 1. The lowest BCUT2D eigenvalue weighted by Crippen LogP contribution is -2.33. The number of nitrogens with one attached hydrogen (secondary N) is 1. The summed E-state index contributed by atoms with van der Waals surface area (Å²) in [4.78, 5) is 13.8. The molecule has 1 aliphatic carbocycles. The molecule has 0 spiro atoms. The maximum atomic E-state index is 12.2. The van der Waals surface area contributed by atoms with Gasteiger partial charge in [-0.3, -0.25) is 0 Å². The number of β-amino-alcohol motifs (C(OH)–C–C–N with tert-alkyl or cyclic N) is 1. The molecule has 2 fully saturated rings. The van der Waals surface area contributed by atoms with Gasteiger partial charge < -0.3 is 20.1 Å². The van der Waals surface area contributed by atoms with Crippen molar-refractivity contribution in [2.24, 2.45) is 5.92 Å². The Labute approximate surface area is 144 Å². The van der Waals surface area contributed by atoms with E-state index in [9.17, 15) is 9.90 Å². The van der Waals surface area contributed by atoms with Gasteiger partial charge in [0.25, 0.3) is 0 Å². The summed E-state index contributed by atoms with van der Waals surface area (Å²) in [6.45, 7) is 3.90. The van der Waals surface area contributed by atoms with E-state index in [2.05, 4.69) is 12.2 Å². The fourth-order valence-corrected chi connectivity index (χ4v) is 3.61. The second-order valence-corrected chi connectivity index (χ2v) is 7.22. The van der Waals surface area contributed by atoms with Crippen LogP contribution in [0.2, 0.25) is 0 Å². The van der Waals surface area contributed by atoms with Crippen LogP contribution < -0.4 is 5.32 Å². The van der Waals surface area contributed by atoms with E-state index in [1.54, 1.807) is 4.90 Å². The van der Waals surface area contributed by atoms with Crippen molar-refractivity contribution in [1.82, 2.24) is 4.90 Å². The topological polar surface area (TPSA) is 61.8 Å². The number of nitrogens with zero attached hydrogens (tertiary/aromatic N) is 1. The average molecular weight is 332 g/mol. The largest absolute Gasteiger partial charge is 0.391 e. The number of ether oxygens (including phenoxy) is 1. The van der Waals surface area contributed by atoms with Crippen molar-refractivity contribution in [3.8, 4) is 0 Å². The normalized spacial score (nSPS) is 27.2. The number of benzene rings is 1. The zero-order valence-electron chi connectivity index (χ0n) is 14.4. The Morgan fingerprint density at radius 3 is 3.00 bits per heavy atom. The fourth-order valence-electron chi connectivity index (χ4n) is 3.61. The first kappa shape index (κ1) is 17.2. The highest BCUT2D eigenvalue weighted by Crippen LogP contribution is 2.26. The van der Waals surface area contributed by atoms with Crippen LogP contribution >= 0.6 is 0 Å². The summed E-state index contributed by atoms with van der Waals surface area (Å²) in [5.74, 6) is 0.755. The Balaban J connectivity index is 1.51. The van der Waals surface area contributed by atoms with E-state index in [1.807, 2.05) is 24.3 Å². The van der Waals surface area contributed by atoms with E-state index in [4.69, 9.17) is 4.74 Å². The minimum absolute atomic E-state index is 0.147. The van der Waals surface area contributed by atoms with Crippen molar-refractivity contribution < 1.29 is 14.6 Å². The second kappa shape index (κ2) is 7.99. The van der Waals surface area contributed by atoms with Gasteiger partial charge in [-0.15, -0.1) is 0 Å². The van der Waals surface area contributed by atoms with Crippen LogP contribution in [0.15, 0.2) is 24.3 Å². The van der Waals surface area contributed by atoms with Crippen LogP contribution in [0.4, 0.5) is 10.5 Å². The molecule has 3 rings (SSSR count). The van der Waals surface area contributed by atoms with E-state index >= 15 is 0 Å². The third-order valence-electron chi connectivity index (χ3n) is 5.00. The SMILES string of the molecule is CC1CCCC(OCc2cccc(NC(=O)N3CC[C@H](O)C3)c2)C1. The minimum atomic E-state index is -0.395. The van der Waals surface area contributed by atoms with Gasteiger partial charge >= 0.3 is 6.03 Å². The van der Waals surface area contributed by atoms with Crippen LogP contribution in [0.25, 0.3) is 0 Å². The number of urea groups is 1. The average Bonchev–Trinajstić information content (AvgIpc) is 3.00. The third-order valence-corrected chi connectivity index (χ3v) is 5.00. The fraction of sp³-hybridized carbons (Fsp3) is 0.632. The summed E-state index contributed by atoms with van der Waals surface area (Å²) in [7, 11) is 0. The summed E-state index contributed by atoms with van der Waals surface area (Å²) in [6.07, 6.45) is 5.48. The zero-order chi connectivity index (χ0) is 16.9. The van der Waals surface area contributed by atoms with Gasteiger partial charge in [0.2, 0.25) is 0 Å². The Kier molecular flexibility index (Phi) is 5.74. The standard InChI is InChI=1S/C19H28N2O3/c1-14-4-2-7-18(10-14)24-13-15-5-3-6-16(11-15)20-19(23)21-9-8-17(22)12-21/h3,5-6,11,14,17-18,22H,2,4,7-10,12-13H2,1H3,(H,20,23)/t14?,17-,18?/m0/s1. The molecule has 0 radical (unpaired) electrons. The first-order chi connectivity index (χ1) is 11.6. The third kappa shape index (κ3) is 4.71. The summed E-state index contributed by atoms with van der Waals surface area (Å²) in [6, 6.07) is 7.68. The van der Waals surface area contributed by atoms with Crippen LogP contribution in [0.1, 0.15) is 44.6 Å². The Hall–Kier alpha value is -1.59. The number of carbonyl (C=O) groups is 1. The molecule has 2 amide bonds. The van der Waals surface area contributed by atoms with E-state index < -0.39 is 6.10 Å². The van der Waals surface area contributed by atoms with Crippen molar-refractivity contribution in [2.45, 2.75) is 57.8 Å². The summed E-state index contributed by atoms with van der Waals surface area (Å²) >= 11 is 0. The van der Waals surface area contributed by atoms with Gasteiger partial charge in [-0.1, -0.05) is 31.9 Å². The van der Waals surface area contributed by atoms with Gasteiger partial charge in [-0.05, 0) is 42.9 Å². The van der Waals surface area contributed by atoms with Crippen LogP contribution in [0.3, 0.4) is 0 Å². The molecular formula is C19H28N2O3. The van der Waals surface area contributed by atoms with Crippen LogP contribution in [0, 0.1) is 5.92 Å². The summed E-state index contributed by atoms with van der Waals surface area (Å²) in [5, 5.41) is 12.4. The van der Waals surface area contributed by atoms with Crippen LogP contribution in [0.5, 0.6) is 0 Å². The molecule has 5 heteroatoms. The second-order valence-electron chi connectivity index (χ2n) is 7.22. The van der Waals surface area contributed by atoms with Crippen molar-refractivity contribution in [3.05, 3.63) is 29.8 Å². The predicted octanol–water partition coefficient (Wildman–Crippen LogP) is 3.38. The smallest absolute Gasteiger partial charge is 0.321 e.